The number of ketones is 2. The van der Waals surface area contributed by atoms with Gasteiger partial charge in [-0.3, -0.25) is 9.59 Å². The molecule has 2 aromatic carbocycles. The normalized spacial score (nSPS) is 45.3. The molecule has 82 heavy (non-hydrogen) atoms. The van der Waals surface area contributed by atoms with E-state index in [1.807, 2.05) is 26.1 Å². The number of epoxide rings is 1. The van der Waals surface area contributed by atoms with Crippen LogP contribution in [0, 0.1) is 80.8 Å². The molecule has 20 unspecified atom stereocenters. The fourth-order valence-electron chi connectivity index (χ4n) is 23.7. The fraction of sp³-hybridized carbons (Fsp3) is 0.746. The highest BCUT2D eigenvalue weighted by Crippen LogP contribution is 2.82. The van der Waals surface area contributed by atoms with E-state index in [2.05, 4.69) is 74.7 Å². The standard InChI is InChI=1S/C71H101N3O8/c1-41(2)26-43-27-46(32-49(72)29-43)51-12-9-13-54(51)67(5)63(82-67)57(78)34-53-52-31-42(38-75)15-16-45(52)17-18-47(39-76)71-35-56-62-66(4)59-14-10-23-68(62,22-8-7-21-65(3,81)40-74-56)64(80)70(59,48-28-44(37-73-6)30-50(77)33-48)25-11-24-69(71)36-58(79)61(53)55(69)19-20-60(66)71/h10,14,27-30,32-33,41-42,45,47,51-54,56-57,59-60,62-63,73-78,81H,7-9,11-13,15-26,31,34-40,72H2,1-6H3. The lowest BCUT2D eigenvalue weighted by atomic mass is 9.28. The summed E-state index contributed by atoms with van der Waals surface area (Å²) < 4.78 is 6.94. The summed E-state index contributed by atoms with van der Waals surface area (Å²) in [6, 6.07) is 12.5. The van der Waals surface area contributed by atoms with Crippen molar-refractivity contribution in [2.24, 2.45) is 80.8 Å². The van der Waals surface area contributed by atoms with Crippen LogP contribution in [0.15, 0.2) is 59.7 Å². The van der Waals surface area contributed by atoms with E-state index in [9.17, 15) is 25.5 Å². The minimum absolute atomic E-state index is 0.0169. The van der Waals surface area contributed by atoms with Crippen molar-refractivity contribution in [3.63, 3.8) is 0 Å². The van der Waals surface area contributed by atoms with Gasteiger partial charge in [0, 0.05) is 55.3 Å². The number of hydrogen-bond donors (Lipinski definition) is 8. The topological polar surface area (TPSA) is 198 Å². The first-order valence-electron chi connectivity index (χ1n) is 33.1. The van der Waals surface area contributed by atoms with Crippen molar-refractivity contribution in [3.8, 4) is 5.75 Å². The molecule has 9 bridgehead atoms. The van der Waals surface area contributed by atoms with Gasteiger partial charge in [0.05, 0.1) is 22.7 Å². The molecule has 0 amide bonds. The van der Waals surface area contributed by atoms with Crippen LogP contribution in [0.5, 0.6) is 5.75 Å². The number of hydrogen-bond acceptors (Lipinski definition) is 11. The lowest BCUT2D eigenvalue weighted by molar-refractivity contribution is -0.244. The lowest BCUT2D eigenvalue weighted by Gasteiger charge is -2.75. The number of β-amino-alcohol motifs (C(OH)–C–C–N with tert-alkyl or cyclic N) is 1. The molecule has 11 heteroatoms. The summed E-state index contributed by atoms with van der Waals surface area (Å²) in [6.07, 6.45) is 21.1. The van der Waals surface area contributed by atoms with Crippen LogP contribution in [0.4, 0.5) is 5.69 Å². The van der Waals surface area contributed by atoms with E-state index in [-0.39, 0.29) is 96.1 Å². The van der Waals surface area contributed by atoms with Crippen molar-refractivity contribution in [1.82, 2.24) is 10.6 Å². The Morgan fingerprint density at radius 3 is 2.46 bits per heavy atom. The van der Waals surface area contributed by atoms with E-state index in [1.165, 1.54) is 16.7 Å². The van der Waals surface area contributed by atoms with Crippen LogP contribution in [-0.2, 0) is 32.7 Å². The molecule has 8 fully saturated rings. The van der Waals surface area contributed by atoms with Crippen LogP contribution >= 0.6 is 0 Å². The molecular weight excluding hydrogens is 1020 g/mol. The van der Waals surface area contributed by atoms with Gasteiger partial charge in [-0.15, -0.1) is 0 Å². The summed E-state index contributed by atoms with van der Waals surface area (Å²) in [5.41, 5.74) is 9.34. The molecule has 10 aliphatic carbocycles. The Bertz CT molecular complexity index is 2880. The highest BCUT2D eigenvalue weighted by molar-refractivity contribution is 6.01. The second-order valence-corrected chi connectivity index (χ2v) is 30.9. The Balaban J connectivity index is 0.974. The molecular formula is C71H101N3O8. The van der Waals surface area contributed by atoms with Crippen molar-refractivity contribution in [2.75, 3.05) is 32.5 Å². The molecule has 11 nitrogen and oxygen atoms in total. The number of phenols is 1. The maximum absolute atomic E-state index is 17.1. The number of carbonyl (C=O) groups is 2. The van der Waals surface area contributed by atoms with E-state index in [4.69, 9.17) is 10.5 Å². The third-order valence-corrected chi connectivity index (χ3v) is 26.3. The highest BCUT2D eigenvalue weighted by Gasteiger charge is 2.81. The second-order valence-electron chi connectivity index (χ2n) is 30.9. The molecule has 2 saturated heterocycles. The van der Waals surface area contributed by atoms with Gasteiger partial charge >= 0.3 is 0 Å². The molecule has 2 heterocycles. The van der Waals surface area contributed by atoms with Crippen molar-refractivity contribution in [1.29, 1.82) is 0 Å². The number of aliphatic hydroxyl groups is 4. The zero-order chi connectivity index (χ0) is 57.5. The van der Waals surface area contributed by atoms with Crippen LogP contribution in [0.25, 0.3) is 0 Å². The number of phenolic OH excluding ortho intramolecular Hbond substituents is 1. The number of nitrogen functional groups attached to an aromatic ring is 1. The third kappa shape index (κ3) is 8.52. The molecule has 20 atom stereocenters. The van der Waals surface area contributed by atoms with Crippen LogP contribution in [-0.4, -0.2) is 93.4 Å². The smallest absolute Gasteiger partial charge is 0.160 e. The summed E-state index contributed by atoms with van der Waals surface area (Å²) >= 11 is 0. The molecule has 2 aliphatic heterocycles. The van der Waals surface area contributed by atoms with Crippen LogP contribution in [0.1, 0.15) is 198 Å². The van der Waals surface area contributed by atoms with Gasteiger partial charge < -0.3 is 46.6 Å². The fourth-order valence-corrected chi connectivity index (χ4v) is 23.7. The number of aliphatic hydroxyl groups excluding tert-OH is 3. The van der Waals surface area contributed by atoms with Gasteiger partial charge in [0.25, 0.3) is 0 Å². The van der Waals surface area contributed by atoms with E-state index in [0.717, 1.165) is 125 Å². The Labute approximate surface area is 489 Å². The number of carbonyl (C=O) groups excluding carboxylic acids is 2. The molecule has 12 aliphatic rings. The molecule has 9 N–H and O–H groups in total. The number of anilines is 1. The van der Waals surface area contributed by atoms with E-state index < -0.39 is 44.4 Å². The van der Waals surface area contributed by atoms with Crippen molar-refractivity contribution < 1.29 is 39.9 Å². The monoisotopic (exact) mass is 1120 g/mol. The Kier molecular flexibility index (Phi) is 14.7. The number of nitrogens with two attached hydrogens (primary N) is 1. The minimum Gasteiger partial charge on any atom is -0.508 e. The Morgan fingerprint density at radius 1 is 0.878 bits per heavy atom. The first kappa shape index (κ1) is 57.6. The Morgan fingerprint density at radius 2 is 1.68 bits per heavy atom. The summed E-state index contributed by atoms with van der Waals surface area (Å²) in [7, 11) is 1.93. The second kappa shape index (κ2) is 20.9. The van der Waals surface area contributed by atoms with Crippen LogP contribution in [0.2, 0.25) is 0 Å². The molecule has 0 radical (unpaired) electrons. The lowest BCUT2D eigenvalue weighted by Crippen LogP contribution is -2.77. The quantitative estimate of drug-likeness (QED) is 0.0572. The van der Waals surface area contributed by atoms with Gasteiger partial charge in [-0.05, 0) is 258 Å². The minimum atomic E-state index is -0.952. The zero-order valence-corrected chi connectivity index (χ0v) is 50.6. The molecule has 448 valence electrons. The molecule has 3 spiro atoms. The number of Topliss-reactive ketones (excluding diaryl/α,β-unsaturated/α-hetero) is 2. The molecule has 6 saturated carbocycles. The van der Waals surface area contributed by atoms with Gasteiger partial charge in [-0.2, -0.15) is 0 Å². The first-order valence-corrected chi connectivity index (χ1v) is 33.1. The van der Waals surface area contributed by atoms with E-state index >= 15 is 9.59 Å². The van der Waals surface area contributed by atoms with E-state index in [1.54, 1.807) is 0 Å². The largest absolute Gasteiger partial charge is 0.508 e. The third-order valence-electron chi connectivity index (χ3n) is 26.3. The van der Waals surface area contributed by atoms with Gasteiger partial charge in [-0.25, -0.2) is 0 Å². The highest BCUT2D eigenvalue weighted by atomic mass is 16.6. The predicted molar refractivity (Wildman–Crippen MR) is 321 cm³/mol. The Hall–Kier alpha value is -3.42. The summed E-state index contributed by atoms with van der Waals surface area (Å²) in [4.78, 5) is 33.5. The zero-order valence-electron chi connectivity index (χ0n) is 50.6. The number of ether oxygens (including phenoxy) is 1. The predicted octanol–water partition coefficient (Wildman–Crippen LogP) is 11.0. The summed E-state index contributed by atoms with van der Waals surface area (Å²) in [5, 5.41) is 68.2. The van der Waals surface area contributed by atoms with Gasteiger partial charge in [0.2, 0.25) is 0 Å². The molecule has 2 aromatic rings. The number of allylic oxidation sites excluding steroid dienone is 4. The maximum Gasteiger partial charge on any atom is 0.160 e. The van der Waals surface area contributed by atoms with Crippen molar-refractivity contribution in [2.45, 2.75) is 223 Å². The van der Waals surface area contributed by atoms with Gasteiger partial charge in [-0.1, -0.05) is 76.3 Å². The van der Waals surface area contributed by atoms with Crippen molar-refractivity contribution in [3.05, 3.63) is 82.0 Å². The van der Waals surface area contributed by atoms with Crippen LogP contribution in [0.3, 0.4) is 0 Å². The SMILES string of the molecule is CNCc1cc(O)cc(C23CCCC45CC(=O)C6=C4CCC4C7(C)C8C(CC45C(CO)CCC4CCC(CO)CC4C6CC(O)C4OC4(C)C4CCCC4c4cc(N)cc(CC(C)C)c4)NCC(C)(O)CCCCC8(CC=CC27)C3=O)c1. The number of benzene rings is 2. The van der Waals surface area contributed by atoms with Gasteiger partial charge in [0.15, 0.2) is 11.6 Å². The van der Waals surface area contributed by atoms with E-state index in [0.29, 0.717) is 63.3 Å². The van der Waals surface area contributed by atoms with Crippen molar-refractivity contribution >= 4 is 17.3 Å². The maximum atomic E-state index is 17.1. The summed E-state index contributed by atoms with van der Waals surface area (Å²) in [5.74, 6) is 1.62. The molecule has 0 aromatic heterocycles. The number of nitrogens with one attached hydrogen (secondary N) is 2. The average Bonchev–Trinajstić information content (AvgIpc) is 1.22. The van der Waals surface area contributed by atoms with Gasteiger partial charge in [0.1, 0.15) is 11.9 Å². The average molecular weight is 1120 g/mol. The van der Waals surface area contributed by atoms with Crippen LogP contribution < -0.4 is 16.4 Å². The number of rotatable bonds is 12. The number of aromatic hydroxyl groups is 1. The molecule has 14 rings (SSSR count). The first-order chi connectivity index (χ1) is 39.2. The summed E-state index contributed by atoms with van der Waals surface area (Å²) in [6.45, 7) is 12.4. The number of fused-ring (bicyclic) bond motifs is 2.